The van der Waals surface area contributed by atoms with E-state index in [4.69, 9.17) is 9.84 Å². The lowest BCUT2D eigenvalue weighted by Crippen LogP contribution is -2.22. The van der Waals surface area contributed by atoms with Gasteiger partial charge in [-0.25, -0.2) is 0 Å². The zero-order valence-corrected chi connectivity index (χ0v) is 14.5. The summed E-state index contributed by atoms with van der Waals surface area (Å²) in [5, 5.41) is 11.7. The highest BCUT2D eigenvalue weighted by Crippen LogP contribution is 2.17. The van der Waals surface area contributed by atoms with Crippen molar-refractivity contribution in [2.75, 3.05) is 12.4 Å². The number of nitrogens with one attached hydrogen (secondary N) is 1. The summed E-state index contributed by atoms with van der Waals surface area (Å²) in [6.45, 7) is 1.88. The summed E-state index contributed by atoms with van der Waals surface area (Å²) in [6.07, 6.45) is 1.15. The van der Waals surface area contributed by atoms with Crippen molar-refractivity contribution >= 4 is 17.6 Å². The third kappa shape index (κ3) is 5.95. The fourth-order valence-corrected chi connectivity index (χ4v) is 2.53. The molecule has 0 aliphatic heterocycles. The minimum Gasteiger partial charge on any atom is -0.497 e. The molecule has 0 saturated carbocycles. The van der Waals surface area contributed by atoms with E-state index in [-0.39, 0.29) is 18.2 Å². The Hall–Kier alpha value is -2.82. The van der Waals surface area contributed by atoms with Crippen LogP contribution in [0.3, 0.4) is 0 Å². The van der Waals surface area contributed by atoms with Crippen molar-refractivity contribution in [3.8, 4) is 5.75 Å². The first-order valence-electron chi connectivity index (χ1n) is 8.22. The second-order valence-corrected chi connectivity index (χ2v) is 6.04. The van der Waals surface area contributed by atoms with Crippen LogP contribution >= 0.6 is 0 Å². The Morgan fingerprint density at radius 3 is 2.48 bits per heavy atom. The van der Waals surface area contributed by atoms with Gasteiger partial charge in [-0.1, -0.05) is 31.2 Å². The van der Waals surface area contributed by atoms with Gasteiger partial charge in [-0.15, -0.1) is 0 Å². The number of carboxylic acids is 1. The Bertz CT molecular complexity index is 725. The first kappa shape index (κ1) is 18.5. The van der Waals surface area contributed by atoms with Crippen LogP contribution in [0.15, 0.2) is 48.5 Å². The number of methoxy groups -OCH3 is 1. The second-order valence-electron chi connectivity index (χ2n) is 6.04. The maximum atomic E-state index is 12.4. The number of aryl methyl sites for hydroxylation is 1. The highest BCUT2D eigenvalue weighted by molar-refractivity contribution is 5.92. The van der Waals surface area contributed by atoms with Crippen molar-refractivity contribution in [3.05, 3.63) is 59.7 Å². The quantitative estimate of drug-likeness (QED) is 0.770. The molecule has 0 aliphatic carbocycles. The molecular weight excluding hydrogens is 318 g/mol. The summed E-state index contributed by atoms with van der Waals surface area (Å²) >= 11 is 0. The standard InChI is InChI=1S/C20H23NO4/c1-14(12-16-6-9-18(25-2)10-7-16)20(24)21-17-5-3-4-15(13-17)8-11-19(22)23/h3-7,9-10,13-14H,8,11-12H2,1-2H3,(H,21,24)(H,22,23). The summed E-state index contributed by atoms with van der Waals surface area (Å²) in [4.78, 5) is 23.0. The van der Waals surface area contributed by atoms with Crippen LogP contribution in [0.5, 0.6) is 5.75 Å². The number of ether oxygens (including phenoxy) is 1. The van der Waals surface area contributed by atoms with Crippen LogP contribution in [0.4, 0.5) is 5.69 Å². The third-order valence-electron chi connectivity index (χ3n) is 3.97. The number of rotatable bonds is 8. The molecule has 0 aromatic heterocycles. The van der Waals surface area contributed by atoms with Crippen LogP contribution in [-0.4, -0.2) is 24.1 Å². The molecule has 2 N–H and O–H groups in total. The zero-order chi connectivity index (χ0) is 18.2. The largest absolute Gasteiger partial charge is 0.497 e. The smallest absolute Gasteiger partial charge is 0.303 e. The van der Waals surface area contributed by atoms with Gasteiger partial charge in [-0.3, -0.25) is 9.59 Å². The number of aliphatic carboxylic acids is 1. The third-order valence-corrected chi connectivity index (χ3v) is 3.97. The van der Waals surface area contributed by atoms with Crippen LogP contribution in [0.25, 0.3) is 0 Å². The van der Waals surface area contributed by atoms with Gasteiger partial charge in [0.05, 0.1) is 7.11 Å². The molecular formula is C20H23NO4. The lowest BCUT2D eigenvalue weighted by molar-refractivity contribution is -0.137. The summed E-state index contributed by atoms with van der Waals surface area (Å²) in [5.74, 6) is -0.288. The van der Waals surface area contributed by atoms with Crippen molar-refractivity contribution < 1.29 is 19.4 Å². The van der Waals surface area contributed by atoms with Crippen molar-refractivity contribution in [2.45, 2.75) is 26.2 Å². The average Bonchev–Trinajstić information content (AvgIpc) is 2.61. The molecule has 0 aliphatic rings. The number of amides is 1. The number of hydrogen-bond donors (Lipinski definition) is 2. The zero-order valence-electron chi connectivity index (χ0n) is 14.5. The van der Waals surface area contributed by atoms with E-state index in [1.807, 2.05) is 55.5 Å². The number of benzene rings is 2. The molecule has 2 aromatic carbocycles. The molecule has 0 heterocycles. The minimum atomic E-state index is -0.831. The lowest BCUT2D eigenvalue weighted by atomic mass is 10.00. The normalized spacial score (nSPS) is 11.6. The van der Waals surface area contributed by atoms with Crippen LogP contribution < -0.4 is 10.1 Å². The van der Waals surface area contributed by atoms with Gasteiger partial charge >= 0.3 is 5.97 Å². The van der Waals surface area contributed by atoms with Gasteiger partial charge in [0.2, 0.25) is 5.91 Å². The molecule has 2 rings (SSSR count). The Balaban J connectivity index is 1.93. The van der Waals surface area contributed by atoms with Crippen molar-refractivity contribution in [1.82, 2.24) is 0 Å². The van der Waals surface area contributed by atoms with Gasteiger partial charge in [0.15, 0.2) is 0 Å². The van der Waals surface area contributed by atoms with E-state index in [1.165, 1.54) is 0 Å². The first-order valence-corrected chi connectivity index (χ1v) is 8.22. The van der Waals surface area contributed by atoms with E-state index < -0.39 is 5.97 Å². The maximum absolute atomic E-state index is 12.4. The summed E-state index contributed by atoms with van der Waals surface area (Å²) in [7, 11) is 1.62. The number of hydrogen-bond acceptors (Lipinski definition) is 3. The Morgan fingerprint density at radius 2 is 1.84 bits per heavy atom. The fraction of sp³-hybridized carbons (Fsp3) is 0.300. The SMILES string of the molecule is COc1ccc(CC(C)C(=O)Nc2cccc(CCC(=O)O)c2)cc1. The Kier molecular flexibility index (Phi) is 6.57. The Labute approximate surface area is 147 Å². The van der Waals surface area contributed by atoms with E-state index in [9.17, 15) is 9.59 Å². The highest BCUT2D eigenvalue weighted by Gasteiger charge is 2.14. The van der Waals surface area contributed by atoms with Crippen molar-refractivity contribution in [2.24, 2.45) is 5.92 Å². The number of anilines is 1. The summed E-state index contributed by atoms with van der Waals surface area (Å²) in [6, 6.07) is 15.0. The maximum Gasteiger partial charge on any atom is 0.303 e. The molecule has 132 valence electrons. The summed E-state index contributed by atoms with van der Waals surface area (Å²) in [5.41, 5.74) is 2.65. The summed E-state index contributed by atoms with van der Waals surface area (Å²) < 4.78 is 5.13. The molecule has 0 saturated heterocycles. The van der Waals surface area contributed by atoms with E-state index in [1.54, 1.807) is 7.11 Å². The monoisotopic (exact) mass is 341 g/mol. The highest BCUT2D eigenvalue weighted by atomic mass is 16.5. The predicted molar refractivity (Wildman–Crippen MR) is 96.9 cm³/mol. The van der Waals surface area contributed by atoms with E-state index in [0.717, 1.165) is 16.9 Å². The van der Waals surface area contributed by atoms with Gasteiger partial charge in [-0.05, 0) is 48.2 Å². The van der Waals surface area contributed by atoms with E-state index in [0.29, 0.717) is 18.5 Å². The molecule has 5 heteroatoms. The van der Waals surface area contributed by atoms with Crippen LogP contribution in [0.1, 0.15) is 24.5 Å². The molecule has 25 heavy (non-hydrogen) atoms. The molecule has 0 fully saturated rings. The van der Waals surface area contributed by atoms with Crippen LogP contribution in [0, 0.1) is 5.92 Å². The van der Waals surface area contributed by atoms with E-state index in [2.05, 4.69) is 5.32 Å². The van der Waals surface area contributed by atoms with Gasteiger partial charge in [0.25, 0.3) is 0 Å². The predicted octanol–water partition coefficient (Wildman–Crippen LogP) is 3.53. The minimum absolute atomic E-state index is 0.0637. The fourth-order valence-electron chi connectivity index (χ4n) is 2.53. The van der Waals surface area contributed by atoms with Gasteiger partial charge < -0.3 is 15.2 Å². The first-order chi connectivity index (χ1) is 12.0. The number of carboxylic acid groups (broad SMARTS) is 1. The Morgan fingerprint density at radius 1 is 1.12 bits per heavy atom. The number of carbonyl (C=O) groups is 2. The molecule has 1 unspecified atom stereocenters. The van der Waals surface area contributed by atoms with Crippen molar-refractivity contribution in [3.63, 3.8) is 0 Å². The molecule has 0 radical (unpaired) electrons. The van der Waals surface area contributed by atoms with Gasteiger partial charge in [0.1, 0.15) is 5.75 Å². The molecule has 0 spiro atoms. The van der Waals surface area contributed by atoms with Gasteiger partial charge in [0, 0.05) is 18.0 Å². The van der Waals surface area contributed by atoms with Gasteiger partial charge in [-0.2, -0.15) is 0 Å². The number of carbonyl (C=O) groups excluding carboxylic acids is 1. The average molecular weight is 341 g/mol. The van der Waals surface area contributed by atoms with Crippen molar-refractivity contribution in [1.29, 1.82) is 0 Å². The van der Waals surface area contributed by atoms with Crippen LogP contribution in [-0.2, 0) is 22.4 Å². The molecule has 5 nitrogen and oxygen atoms in total. The van der Waals surface area contributed by atoms with Crippen LogP contribution in [0.2, 0.25) is 0 Å². The molecule has 1 amide bonds. The molecule has 2 aromatic rings. The molecule has 0 bridgehead atoms. The lowest BCUT2D eigenvalue weighted by Gasteiger charge is -2.13. The van der Waals surface area contributed by atoms with E-state index >= 15 is 0 Å². The molecule has 1 atom stereocenters. The second kappa shape index (κ2) is 8.87. The topological polar surface area (TPSA) is 75.6 Å².